The van der Waals surface area contributed by atoms with E-state index in [1.54, 1.807) is 29.2 Å². The summed E-state index contributed by atoms with van der Waals surface area (Å²) < 4.78 is 43.5. The number of benzene rings is 2. The molecule has 208 valence electrons. The third-order valence-electron chi connectivity index (χ3n) is 7.65. The number of rotatable bonds is 5. The first-order valence-electron chi connectivity index (χ1n) is 13.3. The van der Waals surface area contributed by atoms with Gasteiger partial charge in [-0.05, 0) is 66.9 Å². The molecule has 2 aromatic heterocycles. The molecule has 0 radical (unpaired) electrons. The van der Waals surface area contributed by atoms with Crippen LogP contribution >= 0.6 is 0 Å². The highest BCUT2D eigenvalue weighted by molar-refractivity contribution is 5.79. The van der Waals surface area contributed by atoms with E-state index in [9.17, 15) is 18.0 Å². The lowest BCUT2D eigenvalue weighted by Gasteiger charge is -2.43. The maximum atomic E-state index is 13.2. The zero-order valence-corrected chi connectivity index (χ0v) is 22.0. The lowest BCUT2D eigenvalue weighted by molar-refractivity contribution is -0.274. The van der Waals surface area contributed by atoms with E-state index < -0.39 is 6.36 Å². The number of nitrogens with zero attached hydrogens (tertiary/aromatic N) is 6. The topological polar surface area (TPSA) is 66.7 Å². The van der Waals surface area contributed by atoms with Crippen LogP contribution in [-0.2, 0) is 24.3 Å². The Bertz CT molecular complexity index is 1520. The normalized spacial score (nSPS) is 17.7. The van der Waals surface area contributed by atoms with Gasteiger partial charge in [-0.1, -0.05) is 12.1 Å². The number of pyridine rings is 1. The third-order valence-corrected chi connectivity index (χ3v) is 7.65. The van der Waals surface area contributed by atoms with Gasteiger partial charge in [-0.3, -0.25) is 4.79 Å². The van der Waals surface area contributed by atoms with Gasteiger partial charge < -0.3 is 24.0 Å². The lowest BCUT2D eigenvalue weighted by atomic mass is 9.96. The second-order valence-corrected chi connectivity index (χ2v) is 10.2. The summed E-state index contributed by atoms with van der Waals surface area (Å²) in [6.45, 7) is 5.70. The van der Waals surface area contributed by atoms with Gasteiger partial charge in [0.25, 0.3) is 0 Å². The largest absolute Gasteiger partial charge is 0.573 e. The first-order chi connectivity index (χ1) is 19.2. The molecule has 1 saturated heterocycles. The predicted octanol–water partition coefficient (Wildman–Crippen LogP) is 4.63. The summed E-state index contributed by atoms with van der Waals surface area (Å²) in [6.07, 6.45) is -0.511. The number of fused-ring (bicyclic) bond motifs is 2. The van der Waals surface area contributed by atoms with Gasteiger partial charge in [0.2, 0.25) is 5.91 Å². The molecule has 0 saturated carbocycles. The average molecular weight is 551 g/mol. The van der Waals surface area contributed by atoms with Gasteiger partial charge in [-0.25, -0.2) is 9.97 Å². The molecule has 1 amide bonds. The Morgan fingerprint density at radius 3 is 2.60 bits per heavy atom. The van der Waals surface area contributed by atoms with Gasteiger partial charge in [0.15, 0.2) is 5.65 Å². The molecule has 40 heavy (non-hydrogen) atoms. The Balaban J connectivity index is 1.14. The van der Waals surface area contributed by atoms with Crippen LogP contribution in [0, 0.1) is 0 Å². The Morgan fingerprint density at radius 1 is 1.00 bits per heavy atom. The van der Waals surface area contributed by atoms with Crippen LogP contribution in [0.15, 0.2) is 67.1 Å². The number of aromatic nitrogens is 3. The molecule has 0 bridgehead atoms. The van der Waals surface area contributed by atoms with Crippen molar-refractivity contribution in [2.75, 3.05) is 36.0 Å². The summed E-state index contributed by atoms with van der Waals surface area (Å²) in [5.41, 5.74) is 5.94. The maximum absolute atomic E-state index is 13.2. The SMILES string of the molecule is C[C@@H]1CN(c2cccc3c2CN(c2ccc(OC(F)(F)F)cc2)CC3)CCN1C(=O)Cn1cnc2cccnc21. The Morgan fingerprint density at radius 2 is 1.82 bits per heavy atom. The van der Waals surface area contributed by atoms with Crippen LogP contribution in [0.1, 0.15) is 18.1 Å². The molecule has 4 heterocycles. The van der Waals surface area contributed by atoms with Gasteiger partial charge in [-0.2, -0.15) is 0 Å². The van der Waals surface area contributed by atoms with Crippen molar-refractivity contribution in [3.05, 3.63) is 78.2 Å². The van der Waals surface area contributed by atoms with Crippen LogP contribution in [0.5, 0.6) is 5.75 Å². The molecule has 0 spiro atoms. The monoisotopic (exact) mass is 550 g/mol. The maximum Gasteiger partial charge on any atom is 0.573 e. The Hall–Kier alpha value is -4.28. The minimum absolute atomic E-state index is 0.0146. The minimum atomic E-state index is -4.71. The first-order valence-corrected chi connectivity index (χ1v) is 13.3. The quantitative estimate of drug-likeness (QED) is 0.361. The molecule has 2 aromatic carbocycles. The van der Waals surface area contributed by atoms with Crippen LogP contribution in [0.3, 0.4) is 0 Å². The van der Waals surface area contributed by atoms with Crippen molar-refractivity contribution in [2.24, 2.45) is 0 Å². The van der Waals surface area contributed by atoms with Crippen LogP contribution in [0.2, 0.25) is 0 Å². The van der Waals surface area contributed by atoms with Crippen molar-refractivity contribution >= 4 is 28.4 Å². The Kier molecular flexibility index (Phi) is 6.73. The lowest BCUT2D eigenvalue weighted by Crippen LogP contribution is -2.55. The number of hydrogen-bond acceptors (Lipinski definition) is 6. The fourth-order valence-electron chi connectivity index (χ4n) is 5.73. The number of ether oxygens (including phenoxy) is 1. The average Bonchev–Trinajstić information content (AvgIpc) is 3.34. The van der Waals surface area contributed by atoms with Crippen LogP contribution < -0.4 is 14.5 Å². The van der Waals surface area contributed by atoms with E-state index in [1.165, 1.54) is 23.3 Å². The standard InChI is InChI=1S/C29H29F3N6O2/c1-20-16-36(14-15-38(20)27(39)18-37-19-34-25-5-3-12-33-28(25)37)26-6-2-4-21-11-13-35(17-24(21)26)22-7-9-23(10-8-22)40-29(30,31)32/h2-10,12,19-20H,11,13-18H2,1H3/t20-/m1/s1. The highest BCUT2D eigenvalue weighted by Crippen LogP contribution is 2.34. The van der Waals surface area contributed by atoms with Gasteiger partial charge in [0.05, 0.1) is 6.33 Å². The summed E-state index contributed by atoms with van der Waals surface area (Å²) >= 11 is 0. The van der Waals surface area contributed by atoms with Crippen molar-refractivity contribution in [1.29, 1.82) is 0 Å². The number of imidazole rings is 1. The van der Waals surface area contributed by atoms with Gasteiger partial charge in [0.1, 0.15) is 17.8 Å². The van der Waals surface area contributed by atoms with E-state index in [2.05, 4.69) is 49.6 Å². The fraction of sp³-hybridized carbons (Fsp3) is 0.345. The first kappa shape index (κ1) is 26.0. The molecule has 2 aliphatic rings. The second kappa shape index (κ2) is 10.4. The fourth-order valence-corrected chi connectivity index (χ4v) is 5.73. The zero-order chi connectivity index (χ0) is 27.9. The summed E-state index contributed by atoms with van der Waals surface area (Å²) in [6, 6.07) is 16.1. The highest BCUT2D eigenvalue weighted by atomic mass is 19.4. The number of amides is 1. The molecule has 4 aromatic rings. The van der Waals surface area contributed by atoms with E-state index in [-0.39, 0.29) is 24.2 Å². The number of halogens is 3. The highest BCUT2D eigenvalue weighted by Gasteiger charge is 2.32. The zero-order valence-electron chi connectivity index (χ0n) is 22.0. The summed E-state index contributed by atoms with van der Waals surface area (Å²) in [4.78, 5) is 28.4. The molecule has 1 fully saturated rings. The van der Waals surface area contributed by atoms with E-state index >= 15 is 0 Å². The van der Waals surface area contributed by atoms with Crippen molar-refractivity contribution in [3.8, 4) is 5.75 Å². The van der Waals surface area contributed by atoms with Crippen molar-refractivity contribution in [3.63, 3.8) is 0 Å². The molecule has 0 N–H and O–H groups in total. The second-order valence-electron chi connectivity index (χ2n) is 10.2. The number of anilines is 2. The van der Waals surface area contributed by atoms with Crippen LogP contribution in [0.25, 0.3) is 11.2 Å². The minimum Gasteiger partial charge on any atom is -0.406 e. The van der Waals surface area contributed by atoms with E-state index in [0.717, 1.165) is 29.9 Å². The smallest absolute Gasteiger partial charge is 0.406 e. The number of piperazine rings is 1. The number of alkyl halides is 3. The molecular formula is C29H29F3N6O2. The van der Waals surface area contributed by atoms with E-state index in [4.69, 9.17) is 0 Å². The number of hydrogen-bond donors (Lipinski definition) is 0. The number of carbonyl (C=O) groups excluding carboxylic acids is 1. The summed E-state index contributed by atoms with van der Waals surface area (Å²) in [7, 11) is 0. The van der Waals surface area contributed by atoms with Gasteiger partial charge in [0, 0.05) is 56.3 Å². The van der Waals surface area contributed by atoms with Crippen molar-refractivity contribution in [2.45, 2.75) is 38.8 Å². The molecule has 2 aliphatic heterocycles. The van der Waals surface area contributed by atoms with Crippen molar-refractivity contribution < 1.29 is 22.7 Å². The summed E-state index contributed by atoms with van der Waals surface area (Å²) in [5, 5.41) is 0. The molecule has 0 unspecified atom stereocenters. The molecule has 8 nitrogen and oxygen atoms in total. The van der Waals surface area contributed by atoms with Gasteiger partial charge in [-0.15, -0.1) is 13.2 Å². The molecular weight excluding hydrogens is 521 g/mol. The number of carbonyl (C=O) groups is 1. The summed E-state index contributed by atoms with van der Waals surface area (Å²) in [5.74, 6) is -0.190. The van der Waals surface area contributed by atoms with E-state index in [0.29, 0.717) is 31.8 Å². The van der Waals surface area contributed by atoms with Gasteiger partial charge >= 0.3 is 6.36 Å². The van der Waals surface area contributed by atoms with Crippen molar-refractivity contribution in [1.82, 2.24) is 19.4 Å². The van der Waals surface area contributed by atoms with Crippen LogP contribution in [0.4, 0.5) is 24.5 Å². The Labute approximate surface area is 229 Å². The molecule has 0 aliphatic carbocycles. The molecule has 6 rings (SSSR count). The predicted molar refractivity (Wildman–Crippen MR) is 145 cm³/mol. The third kappa shape index (κ3) is 5.28. The molecule has 11 heteroatoms. The van der Waals surface area contributed by atoms with E-state index in [1.807, 2.05) is 17.0 Å². The van der Waals surface area contributed by atoms with Crippen LogP contribution in [-0.4, -0.2) is 63.9 Å². The molecule has 1 atom stereocenters.